The number of H-pyrrole nitrogens is 1. The Morgan fingerprint density at radius 1 is 1.38 bits per heavy atom. The number of aromatic amines is 1. The lowest BCUT2D eigenvalue weighted by molar-refractivity contribution is 0.102. The summed E-state index contributed by atoms with van der Waals surface area (Å²) in [5.74, 6) is -1.10. The molecule has 26 heavy (non-hydrogen) atoms. The molecule has 1 amide bonds. The third kappa shape index (κ3) is 3.50. The molecule has 3 aromatic rings. The second kappa shape index (κ2) is 7.09. The Morgan fingerprint density at radius 3 is 2.85 bits per heavy atom. The highest BCUT2D eigenvalue weighted by molar-refractivity contribution is 6.34. The summed E-state index contributed by atoms with van der Waals surface area (Å²) in [6, 6.07) is 6.94. The summed E-state index contributed by atoms with van der Waals surface area (Å²) in [6.45, 7) is 3.58. The summed E-state index contributed by atoms with van der Waals surface area (Å²) in [6.07, 6.45) is 0.559. The summed E-state index contributed by atoms with van der Waals surface area (Å²) in [5, 5.41) is 6.78. The van der Waals surface area contributed by atoms with Crippen molar-refractivity contribution in [3.05, 3.63) is 68.5 Å². The van der Waals surface area contributed by atoms with E-state index < -0.39 is 11.7 Å². The number of aryl methyl sites for hydroxylation is 2. The largest absolute Gasteiger partial charge is 0.306 e. The van der Waals surface area contributed by atoms with Crippen LogP contribution in [0.5, 0.6) is 0 Å². The highest BCUT2D eigenvalue weighted by Crippen LogP contribution is 2.21. The molecule has 7 nitrogen and oxygen atoms in total. The molecule has 0 aliphatic carbocycles. The van der Waals surface area contributed by atoms with Crippen LogP contribution in [-0.2, 0) is 6.42 Å². The molecule has 0 spiro atoms. The molecule has 0 saturated carbocycles. The van der Waals surface area contributed by atoms with Crippen LogP contribution in [0.2, 0.25) is 5.02 Å². The Kier molecular flexibility index (Phi) is 4.85. The number of nitrogens with one attached hydrogen (secondary N) is 2. The number of halogens is 2. The van der Waals surface area contributed by atoms with Crippen molar-refractivity contribution in [1.82, 2.24) is 19.7 Å². The van der Waals surface area contributed by atoms with Gasteiger partial charge in [0.05, 0.1) is 16.3 Å². The molecule has 0 fully saturated rings. The van der Waals surface area contributed by atoms with Gasteiger partial charge in [0.1, 0.15) is 11.6 Å². The molecule has 0 unspecified atom stereocenters. The molecular weight excluding hydrogens is 361 g/mol. The fourth-order valence-corrected chi connectivity index (χ4v) is 2.67. The number of carbonyl (C=O) groups excluding carboxylic acids is 1. The first-order valence-corrected chi connectivity index (χ1v) is 8.19. The number of rotatable bonds is 4. The zero-order valence-electron chi connectivity index (χ0n) is 14.0. The van der Waals surface area contributed by atoms with Gasteiger partial charge in [-0.25, -0.2) is 9.37 Å². The van der Waals surface area contributed by atoms with Crippen molar-refractivity contribution in [2.24, 2.45) is 0 Å². The Balaban J connectivity index is 2.02. The normalized spacial score (nSPS) is 10.8. The van der Waals surface area contributed by atoms with Gasteiger partial charge in [-0.05, 0) is 25.5 Å². The zero-order valence-corrected chi connectivity index (χ0v) is 14.8. The maximum atomic E-state index is 14.0. The van der Waals surface area contributed by atoms with Crippen LogP contribution in [-0.4, -0.2) is 25.7 Å². The number of hydrogen-bond donors (Lipinski definition) is 2. The van der Waals surface area contributed by atoms with Crippen LogP contribution in [0.4, 0.5) is 10.2 Å². The predicted molar refractivity (Wildman–Crippen MR) is 95.5 cm³/mol. The van der Waals surface area contributed by atoms with Crippen LogP contribution in [0.25, 0.3) is 5.95 Å². The second-order valence-corrected chi connectivity index (χ2v) is 5.95. The smallest absolute Gasteiger partial charge is 0.261 e. The molecule has 0 atom stereocenters. The predicted octanol–water partition coefficient (Wildman–Crippen LogP) is 2.87. The van der Waals surface area contributed by atoms with Gasteiger partial charge in [-0.3, -0.25) is 14.6 Å². The molecule has 2 N–H and O–H groups in total. The summed E-state index contributed by atoms with van der Waals surface area (Å²) < 4.78 is 15.2. The molecule has 0 bridgehead atoms. The molecule has 3 rings (SSSR count). The molecule has 134 valence electrons. The lowest BCUT2D eigenvalue weighted by Crippen LogP contribution is -2.20. The molecule has 0 aliphatic heterocycles. The first-order chi connectivity index (χ1) is 12.4. The van der Waals surface area contributed by atoms with E-state index in [1.165, 1.54) is 22.9 Å². The fourth-order valence-electron chi connectivity index (χ4n) is 2.42. The zero-order chi connectivity index (χ0) is 18.8. The van der Waals surface area contributed by atoms with E-state index in [0.717, 1.165) is 6.07 Å². The average molecular weight is 376 g/mol. The van der Waals surface area contributed by atoms with Crippen molar-refractivity contribution in [3.8, 4) is 5.95 Å². The summed E-state index contributed by atoms with van der Waals surface area (Å²) in [4.78, 5) is 31.1. The topological polar surface area (TPSA) is 92.7 Å². The number of benzene rings is 1. The minimum atomic E-state index is -0.739. The third-order valence-corrected chi connectivity index (χ3v) is 3.92. The lowest BCUT2D eigenvalue weighted by atomic mass is 10.2. The van der Waals surface area contributed by atoms with Gasteiger partial charge >= 0.3 is 0 Å². The van der Waals surface area contributed by atoms with E-state index in [9.17, 15) is 14.0 Å². The first kappa shape index (κ1) is 17.8. The van der Waals surface area contributed by atoms with E-state index in [1.54, 1.807) is 13.0 Å². The van der Waals surface area contributed by atoms with E-state index in [4.69, 9.17) is 11.6 Å². The molecule has 9 heteroatoms. The van der Waals surface area contributed by atoms with Crippen LogP contribution in [0, 0.1) is 12.7 Å². The van der Waals surface area contributed by atoms with Crippen LogP contribution in [0.15, 0.2) is 35.1 Å². The molecule has 2 heterocycles. The number of carbonyl (C=O) groups is 1. The summed E-state index contributed by atoms with van der Waals surface area (Å²) >= 11 is 5.93. The van der Waals surface area contributed by atoms with E-state index in [1.807, 2.05) is 6.92 Å². The van der Waals surface area contributed by atoms with Gasteiger partial charge in [-0.1, -0.05) is 24.6 Å². The molecule has 0 radical (unpaired) electrons. The Labute approximate surface area is 152 Å². The van der Waals surface area contributed by atoms with Crippen molar-refractivity contribution >= 4 is 23.3 Å². The number of anilines is 1. The van der Waals surface area contributed by atoms with Crippen LogP contribution >= 0.6 is 11.6 Å². The van der Waals surface area contributed by atoms with Crippen molar-refractivity contribution < 1.29 is 9.18 Å². The summed E-state index contributed by atoms with van der Waals surface area (Å²) in [5.41, 5.74) is 0.536. The number of hydrogen-bond acceptors (Lipinski definition) is 4. The highest BCUT2D eigenvalue weighted by Gasteiger charge is 2.19. The fraction of sp³-hybridized carbons (Fsp3) is 0.176. The highest BCUT2D eigenvalue weighted by atomic mass is 35.5. The van der Waals surface area contributed by atoms with Gasteiger partial charge in [0.15, 0.2) is 0 Å². The van der Waals surface area contributed by atoms with Gasteiger partial charge in [0, 0.05) is 17.8 Å². The first-order valence-electron chi connectivity index (χ1n) is 7.81. The lowest BCUT2D eigenvalue weighted by Gasteiger charge is -2.10. The third-order valence-electron chi connectivity index (χ3n) is 3.61. The van der Waals surface area contributed by atoms with Crippen LogP contribution in [0.1, 0.15) is 28.7 Å². The van der Waals surface area contributed by atoms with Crippen molar-refractivity contribution in [2.75, 3.05) is 5.32 Å². The second-order valence-electron chi connectivity index (χ2n) is 5.55. The Hall–Kier alpha value is -3.00. The number of amides is 1. The Morgan fingerprint density at radius 2 is 2.15 bits per heavy atom. The quantitative estimate of drug-likeness (QED) is 0.733. The van der Waals surface area contributed by atoms with Crippen LogP contribution in [0.3, 0.4) is 0 Å². The van der Waals surface area contributed by atoms with Crippen LogP contribution < -0.4 is 10.9 Å². The van der Waals surface area contributed by atoms with Crippen molar-refractivity contribution in [1.29, 1.82) is 0 Å². The molecule has 1 aromatic carbocycles. The number of aromatic nitrogens is 4. The minimum Gasteiger partial charge on any atom is -0.306 e. The molecule has 0 aliphatic rings. The monoisotopic (exact) mass is 375 g/mol. The van der Waals surface area contributed by atoms with Gasteiger partial charge < -0.3 is 5.32 Å². The van der Waals surface area contributed by atoms with E-state index >= 15 is 0 Å². The number of nitrogens with zero attached hydrogens (tertiary/aromatic N) is 3. The Bertz CT molecular complexity index is 1020. The molecular formula is C17H15ClFN5O2. The van der Waals surface area contributed by atoms with Crippen molar-refractivity contribution in [2.45, 2.75) is 20.3 Å². The maximum absolute atomic E-state index is 14.0. The van der Waals surface area contributed by atoms with Gasteiger partial charge in [0.25, 0.3) is 11.5 Å². The molecule has 0 saturated heterocycles. The summed E-state index contributed by atoms with van der Waals surface area (Å²) in [7, 11) is 0. The maximum Gasteiger partial charge on any atom is 0.261 e. The van der Waals surface area contributed by atoms with Gasteiger partial charge in [-0.2, -0.15) is 9.78 Å². The van der Waals surface area contributed by atoms with E-state index in [0.29, 0.717) is 17.8 Å². The SMILES string of the molecule is CCc1cc(=O)[nH]c(-n2nc(C)cc2NC(=O)c2c(F)cccc2Cl)n1. The molecule has 2 aromatic heterocycles. The van der Waals surface area contributed by atoms with E-state index in [-0.39, 0.29) is 27.9 Å². The standard InChI is InChI=1S/C17H15ClFN5O2/c1-3-10-8-14(25)22-17(20-10)24-13(7-9(2)23-24)21-16(26)15-11(18)5-4-6-12(15)19/h4-8H,3H2,1-2H3,(H,21,26)(H,20,22,25). The van der Waals surface area contributed by atoms with Gasteiger partial charge in [0.2, 0.25) is 5.95 Å². The minimum absolute atomic E-state index is 0.00944. The van der Waals surface area contributed by atoms with E-state index in [2.05, 4.69) is 20.4 Å². The van der Waals surface area contributed by atoms with Crippen molar-refractivity contribution in [3.63, 3.8) is 0 Å². The van der Waals surface area contributed by atoms with Gasteiger partial charge in [-0.15, -0.1) is 0 Å². The average Bonchev–Trinajstić information content (AvgIpc) is 2.94.